The van der Waals surface area contributed by atoms with Gasteiger partial charge >= 0.3 is 198 Å². The van der Waals surface area contributed by atoms with Crippen LogP contribution in [0.4, 0.5) is 0 Å². The van der Waals surface area contributed by atoms with Gasteiger partial charge < -0.3 is 0 Å². The molecule has 0 bridgehead atoms. The van der Waals surface area contributed by atoms with Gasteiger partial charge in [0.1, 0.15) is 0 Å². The second-order valence-electron chi connectivity index (χ2n) is 9.12. The van der Waals surface area contributed by atoms with E-state index in [2.05, 4.69) is 33.2 Å². The molecule has 0 unspecified atom stereocenters. The molecule has 0 amide bonds. The topological polar surface area (TPSA) is 0 Å². The van der Waals surface area contributed by atoms with Gasteiger partial charge in [0.05, 0.1) is 0 Å². The first-order valence-corrected chi connectivity index (χ1v) is 15.6. The van der Waals surface area contributed by atoms with Crippen LogP contribution in [0.15, 0.2) is 12.4 Å². The van der Waals surface area contributed by atoms with E-state index in [9.17, 15) is 0 Å². The maximum atomic E-state index is 4.38. The van der Waals surface area contributed by atoms with Crippen LogP contribution in [-0.4, -0.2) is 42.4 Å². The summed E-state index contributed by atoms with van der Waals surface area (Å²) in [4.78, 5) is 0. The summed E-state index contributed by atoms with van der Waals surface area (Å²) in [5.74, 6) is 2.51. The van der Waals surface area contributed by atoms with Crippen molar-refractivity contribution in [2.75, 3.05) is 18.5 Å². The molecule has 0 fully saturated rings. The summed E-state index contributed by atoms with van der Waals surface area (Å²) in [5.41, 5.74) is 0. The van der Waals surface area contributed by atoms with E-state index in [0.717, 1.165) is 0 Å². The zero-order valence-electron chi connectivity index (χ0n) is 19.6. The zero-order valence-corrected chi connectivity index (χ0v) is 20.6. The first kappa shape index (κ1) is 31.2. The minimum absolute atomic E-state index is 0. The van der Waals surface area contributed by atoms with Gasteiger partial charge in [-0.2, -0.15) is 0 Å². The summed E-state index contributed by atoms with van der Waals surface area (Å²) < 4.78 is 0. The Morgan fingerprint density at radius 1 is 0.464 bits per heavy atom. The average molecular weight is 521 g/mol. The predicted molar refractivity (Wildman–Crippen MR) is 145 cm³/mol. The number of hydrogen-bond donors (Lipinski definition) is 0. The quantitative estimate of drug-likeness (QED) is 0.0761. The summed E-state index contributed by atoms with van der Waals surface area (Å²) in [7, 11) is -1.21. The molecule has 0 aliphatic rings. The summed E-state index contributed by atoms with van der Waals surface area (Å²) in [6.45, 7) is 11.3. The van der Waals surface area contributed by atoms with Crippen LogP contribution in [0.2, 0.25) is 0 Å². The van der Waals surface area contributed by atoms with Gasteiger partial charge in [0, 0.05) is 0 Å². The molecule has 0 aromatic carbocycles. The molecule has 0 nitrogen and oxygen atoms in total. The summed E-state index contributed by atoms with van der Waals surface area (Å²) in [6.07, 6.45) is 30.6. The van der Waals surface area contributed by atoms with Crippen molar-refractivity contribution >= 4 is 31.2 Å². The monoisotopic (exact) mass is 522 g/mol. The molecule has 0 N–H and O–H groups in total. The first-order valence-electron chi connectivity index (χ1n) is 12.9. The second kappa shape index (κ2) is 24.2. The molecule has 0 saturated heterocycles. The third kappa shape index (κ3) is 19.0. The Balaban J connectivity index is 0. The van der Waals surface area contributed by atoms with E-state index in [1.54, 1.807) is 0 Å². The Kier molecular flexibility index (Phi) is 27.0. The fraction of sp³-hybridized carbons (Fsp3) is 0.923. The molecule has 0 aliphatic carbocycles. The van der Waals surface area contributed by atoms with Gasteiger partial charge in [-0.3, -0.25) is 0 Å². The van der Waals surface area contributed by atoms with E-state index >= 15 is 0 Å². The molecule has 0 spiro atoms. The zero-order chi connectivity index (χ0) is 20.1. The molecular formula is C26H59PSn. The normalized spacial score (nSPS) is 12.0. The van der Waals surface area contributed by atoms with Crippen molar-refractivity contribution < 1.29 is 0 Å². The van der Waals surface area contributed by atoms with Crippen LogP contribution in [0.5, 0.6) is 0 Å². The van der Waals surface area contributed by atoms with Gasteiger partial charge in [-0.1, -0.05) is 0 Å². The SMILES string of the molecule is C=C[PH](CCCCCCCC)(CCCCCCCC)CCCCCCCC.[SnH4]. The Morgan fingerprint density at radius 3 is 0.964 bits per heavy atom. The Hall–Kier alpha value is 0.969. The average Bonchev–Trinajstić information content (AvgIpc) is 2.69. The van der Waals surface area contributed by atoms with Crippen LogP contribution < -0.4 is 0 Å². The van der Waals surface area contributed by atoms with E-state index in [1.807, 2.05) is 0 Å². The first-order chi connectivity index (χ1) is 13.2. The maximum absolute atomic E-state index is 4.38. The molecule has 0 aromatic heterocycles. The van der Waals surface area contributed by atoms with E-state index < -0.39 is 7.26 Å². The van der Waals surface area contributed by atoms with E-state index in [1.165, 1.54) is 134 Å². The predicted octanol–water partition coefficient (Wildman–Crippen LogP) is 8.51. The van der Waals surface area contributed by atoms with Crippen molar-refractivity contribution in [2.24, 2.45) is 0 Å². The van der Waals surface area contributed by atoms with Gasteiger partial charge in [-0.25, -0.2) is 0 Å². The number of hydrogen-bond acceptors (Lipinski definition) is 0. The molecule has 0 atom stereocenters. The van der Waals surface area contributed by atoms with Gasteiger partial charge in [0.2, 0.25) is 0 Å². The van der Waals surface area contributed by atoms with Crippen LogP contribution in [0, 0.1) is 0 Å². The van der Waals surface area contributed by atoms with Gasteiger partial charge in [-0.05, 0) is 0 Å². The van der Waals surface area contributed by atoms with E-state index in [4.69, 9.17) is 0 Å². The number of unbranched alkanes of at least 4 members (excludes halogenated alkanes) is 15. The van der Waals surface area contributed by atoms with Gasteiger partial charge in [0.25, 0.3) is 0 Å². The standard InChI is InChI=1S/C26H55P.Sn.4H/c1-5-9-12-15-18-21-24-27(8-4,25-22-19-16-13-10-6-2)26-23-20-17-14-11-7-3;;;;;/h8,27H,4-7,9-26H2,1-3H3;;;;;. The molecule has 0 radical (unpaired) electrons. The molecule has 0 aromatic rings. The summed E-state index contributed by atoms with van der Waals surface area (Å²) >= 11 is 0. The minimum atomic E-state index is -1.21. The van der Waals surface area contributed by atoms with Crippen LogP contribution >= 0.6 is 7.26 Å². The van der Waals surface area contributed by atoms with Crippen LogP contribution in [0.1, 0.15) is 136 Å². The molecule has 0 rings (SSSR count). The second-order valence-corrected chi connectivity index (χ2v) is 13.8. The van der Waals surface area contributed by atoms with Crippen molar-refractivity contribution in [2.45, 2.75) is 136 Å². The van der Waals surface area contributed by atoms with Crippen molar-refractivity contribution in [1.29, 1.82) is 0 Å². The van der Waals surface area contributed by atoms with Crippen molar-refractivity contribution in [3.8, 4) is 0 Å². The van der Waals surface area contributed by atoms with Gasteiger partial charge in [0.15, 0.2) is 0 Å². The molecular weight excluding hydrogens is 462 g/mol. The van der Waals surface area contributed by atoms with Crippen LogP contribution in [-0.2, 0) is 0 Å². The molecule has 172 valence electrons. The summed E-state index contributed by atoms with van der Waals surface area (Å²) in [6, 6.07) is 0. The van der Waals surface area contributed by atoms with E-state index in [-0.39, 0.29) is 23.9 Å². The number of rotatable bonds is 22. The van der Waals surface area contributed by atoms with Crippen molar-refractivity contribution in [3.63, 3.8) is 0 Å². The van der Waals surface area contributed by atoms with Crippen LogP contribution in [0.3, 0.4) is 0 Å². The third-order valence-electron chi connectivity index (χ3n) is 6.52. The van der Waals surface area contributed by atoms with Crippen molar-refractivity contribution in [3.05, 3.63) is 12.4 Å². The van der Waals surface area contributed by atoms with Crippen LogP contribution in [0.25, 0.3) is 0 Å². The molecule has 0 aliphatic heterocycles. The Morgan fingerprint density at radius 2 is 0.714 bits per heavy atom. The Bertz CT molecular complexity index is 262. The van der Waals surface area contributed by atoms with E-state index in [0.29, 0.717) is 0 Å². The Labute approximate surface area is 197 Å². The van der Waals surface area contributed by atoms with Crippen molar-refractivity contribution in [1.82, 2.24) is 0 Å². The third-order valence-corrected chi connectivity index (χ3v) is 11.4. The fourth-order valence-corrected chi connectivity index (χ4v) is 8.68. The molecule has 28 heavy (non-hydrogen) atoms. The summed E-state index contributed by atoms with van der Waals surface area (Å²) in [5, 5.41) is 0. The van der Waals surface area contributed by atoms with Gasteiger partial charge in [-0.15, -0.1) is 0 Å². The molecule has 0 heterocycles. The molecule has 2 heteroatoms. The molecule has 0 saturated carbocycles. The fourth-order valence-electron chi connectivity index (χ4n) is 4.45.